The van der Waals surface area contributed by atoms with E-state index in [0.29, 0.717) is 28.4 Å². The van der Waals surface area contributed by atoms with Gasteiger partial charge in [-0.25, -0.2) is 4.79 Å². The van der Waals surface area contributed by atoms with Crippen molar-refractivity contribution in [1.29, 1.82) is 0 Å². The van der Waals surface area contributed by atoms with Gasteiger partial charge in [0.25, 0.3) is 0 Å². The summed E-state index contributed by atoms with van der Waals surface area (Å²) >= 11 is 0. The number of carboxylic acid groups (broad SMARTS) is 1. The Labute approximate surface area is 122 Å². The summed E-state index contributed by atoms with van der Waals surface area (Å²) in [6.45, 7) is 0. The van der Waals surface area contributed by atoms with Crippen LogP contribution in [0.2, 0.25) is 0 Å². The average Bonchev–Trinajstić information content (AvgIpc) is 2.53. The quantitative estimate of drug-likeness (QED) is 0.916. The number of benzene rings is 2. The molecule has 21 heavy (non-hydrogen) atoms. The van der Waals surface area contributed by atoms with Crippen LogP contribution in [0.4, 0.5) is 0 Å². The molecule has 0 saturated carbocycles. The van der Waals surface area contributed by atoms with Crippen molar-refractivity contribution in [3.05, 3.63) is 42.0 Å². The SMILES string of the molecule is COc1cc(OC)cc(-c2ccc(OC)cc2C(=O)O)c1. The molecule has 0 radical (unpaired) electrons. The van der Waals surface area contributed by atoms with Crippen molar-refractivity contribution in [3.8, 4) is 28.4 Å². The minimum atomic E-state index is -1.02. The zero-order chi connectivity index (χ0) is 15.4. The van der Waals surface area contributed by atoms with Gasteiger partial charge in [-0.15, -0.1) is 0 Å². The molecule has 2 aromatic carbocycles. The maximum atomic E-state index is 11.5. The van der Waals surface area contributed by atoms with Gasteiger partial charge in [0.05, 0.1) is 26.9 Å². The molecule has 5 heteroatoms. The van der Waals surface area contributed by atoms with Gasteiger partial charge in [0.1, 0.15) is 17.2 Å². The summed E-state index contributed by atoms with van der Waals surface area (Å²) < 4.78 is 15.5. The second-order valence-electron chi connectivity index (χ2n) is 4.32. The first-order valence-corrected chi connectivity index (χ1v) is 6.23. The van der Waals surface area contributed by atoms with Crippen LogP contribution in [0.3, 0.4) is 0 Å². The fourth-order valence-corrected chi connectivity index (χ4v) is 2.04. The first-order chi connectivity index (χ1) is 10.1. The lowest BCUT2D eigenvalue weighted by atomic mass is 9.99. The number of rotatable bonds is 5. The number of ether oxygens (including phenoxy) is 3. The van der Waals surface area contributed by atoms with E-state index in [4.69, 9.17) is 14.2 Å². The first-order valence-electron chi connectivity index (χ1n) is 6.23. The van der Waals surface area contributed by atoms with E-state index in [9.17, 15) is 9.90 Å². The lowest BCUT2D eigenvalue weighted by molar-refractivity contribution is 0.0697. The Morgan fingerprint density at radius 3 is 1.90 bits per heavy atom. The normalized spacial score (nSPS) is 10.0. The molecule has 0 aliphatic heterocycles. The zero-order valence-electron chi connectivity index (χ0n) is 12.0. The molecule has 0 bridgehead atoms. The van der Waals surface area contributed by atoms with Gasteiger partial charge < -0.3 is 19.3 Å². The topological polar surface area (TPSA) is 65.0 Å². The van der Waals surface area contributed by atoms with Crippen LogP contribution in [0.15, 0.2) is 36.4 Å². The van der Waals surface area contributed by atoms with Crippen molar-refractivity contribution in [2.24, 2.45) is 0 Å². The van der Waals surface area contributed by atoms with E-state index in [1.165, 1.54) is 13.2 Å². The molecule has 1 N–H and O–H groups in total. The molecule has 0 unspecified atom stereocenters. The number of methoxy groups -OCH3 is 3. The molecular weight excluding hydrogens is 272 g/mol. The van der Waals surface area contributed by atoms with Crippen LogP contribution in [0.1, 0.15) is 10.4 Å². The van der Waals surface area contributed by atoms with Gasteiger partial charge in [0.15, 0.2) is 0 Å². The van der Waals surface area contributed by atoms with Crippen molar-refractivity contribution in [2.75, 3.05) is 21.3 Å². The molecule has 110 valence electrons. The smallest absolute Gasteiger partial charge is 0.336 e. The summed E-state index contributed by atoms with van der Waals surface area (Å²) in [5.41, 5.74) is 1.43. The van der Waals surface area contributed by atoms with Crippen molar-refractivity contribution in [1.82, 2.24) is 0 Å². The highest BCUT2D eigenvalue weighted by molar-refractivity contribution is 5.96. The van der Waals surface area contributed by atoms with E-state index >= 15 is 0 Å². The van der Waals surface area contributed by atoms with Crippen LogP contribution in [-0.2, 0) is 0 Å². The summed E-state index contributed by atoms with van der Waals surface area (Å²) in [7, 11) is 4.59. The van der Waals surface area contributed by atoms with Crippen molar-refractivity contribution < 1.29 is 24.1 Å². The van der Waals surface area contributed by atoms with E-state index in [2.05, 4.69) is 0 Å². The summed E-state index contributed by atoms with van der Waals surface area (Å²) in [6.07, 6.45) is 0. The third kappa shape index (κ3) is 3.08. The molecule has 0 heterocycles. The zero-order valence-corrected chi connectivity index (χ0v) is 12.0. The minimum absolute atomic E-state index is 0.157. The Balaban J connectivity index is 2.62. The molecule has 0 aromatic heterocycles. The molecule has 0 atom stereocenters. The predicted molar refractivity (Wildman–Crippen MR) is 78.5 cm³/mol. The highest BCUT2D eigenvalue weighted by Gasteiger charge is 2.14. The second kappa shape index (κ2) is 6.17. The molecule has 0 saturated heterocycles. The van der Waals surface area contributed by atoms with Gasteiger partial charge in [-0.2, -0.15) is 0 Å². The van der Waals surface area contributed by atoms with Gasteiger partial charge in [0, 0.05) is 6.07 Å². The number of aromatic carboxylic acids is 1. The van der Waals surface area contributed by atoms with Gasteiger partial charge in [-0.1, -0.05) is 0 Å². The third-order valence-corrected chi connectivity index (χ3v) is 3.12. The number of hydrogen-bond donors (Lipinski definition) is 1. The maximum Gasteiger partial charge on any atom is 0.336 e. The standard InChI is InChI=1S/C16H16O5/c1-19-11-4-5-14(15(9-11)16(17)18)10-6-12(20-2)8-13(7-10)21-3/h4-9H,1-3H3,(H,17,18). The third-order valence-electron chi connectivity index (χ3n) is 3.12. The molecule has 2 aromatic rings. The Morgan fingerprint density at radius 2 is 1.43 bits per heavy atom. The summed E-state index contributed by atoms with van der Waals surface area (Å²) in [5, 5.41) is 9.38. The van der Waals surface area contributed by atoms with Crippen LogP contribution in [0, 0.1) is 0 Å². The van der Waals surface area contributed by atoms with Crippen LogP contribution < -0.4 is 14.2 Å². The number of carboxylic acids is 1. The maximum absolute atomic E-state index is 11.5. The van der Waals surface area contributed by atoms with Crippen molar-refractivity contribution >= 4 is 5.97 Å². The van der Waals surface area contributed by atoms with E-state index in [1.807, 2.05) is 0 Å². The van der Waals surface area contributed by atoms with Gasteiger partial charge in [0.2, 0.25) is 0 Å². The summed E-state index contributed by atoms with van der Waals surface area (Å²) in [5.74, 6) is 0.657. The fraction of sp³-hybridized carbons (Fsp3) is 0.188. The van der Waals surface area contributed by atoms with E-state index in [0.717, 1.165) is 0 Å². The Hall–Kier alpha value is -2.69. The van der Waals surface area contributed by atoms with Crippen molar-refractivity contribution in [3.63, 3.8) is 0 Å². The van der Waals surface area contributed by atoms with Gasteiger partial charge in [-0.05, 0) is 41.5 Å². The van der Waals surface area contributed by atoms with Crippen LogP contribution >= 0.6 is 0 Å². The second-order valence-corrected chi connectivity index (χ2v) is 4.32. The van der Waals surface area contributed by atoms with Gasteiger partial charge >= 0.3 is 5.97 Å². The lowest BCUT2D eigenvalue weighted by Crippen LogP contribution is -2.01. The molecular formula is C16H16O5. The van der Waals surface area contributed by atoms with Gasteiger partial charge in [-0.3, -0.25) is 0 Å². The highest BCUT2D eigenvalue weighted by atomic mass is 16.5. The molecule has 2 rings (SSSR count). The molecule has 0 spiro atoms. The molecule has 0 fully saturated rings. The largest absolute Gasteiger partial charge is 0.497 e. The molecule has 0 aliphatic rings. The first kappa shape index (κ1) is 14.7. The van der Waals surface area contributed by atoms with E-state index in [1.54, 1.807) is 44.6 Å². The fourth-order valence-electron chi connectivity index (χ4n) is 2.04. The lowest BCUT2D eigenvalue weighted by Gasteiger charge is -2.12. The Kier molecular flexibility index (Phi) is 4.33. The predicted octanol–water partition coefficient (Wildman–Crippen LogP) is 3.08. The Bertz CT molecular complexity index is 641. The summed E-state index contributed by atoms with van der Waals surface area (Å²) in [6, 6.07) is 10.2. The average molecular weight is 288 g/mol. The molecule has 0 aliphatic carbocycles. The number of carbonyl (C=O) groups is 1. The van der Waals surface area contributed by atoms with Crippen molar-refractivity contribution in [2.45, 2.75) is 0 Å². The molecule has 5 nitrogen and oxygen atoms in total. The van der Waals surface area contributed by atoms with E-state index < -0.39 is 5.97 Å². The van der Waals surface area contributed by atoms with Crippen LogP contribution in [0.25, 0.3) is 11.1 Å². The highest BCUT2D eigenvalue weighted by Crippen LogP contribution is 2.33. The Morgan fingerprint density at radius 1 is 0.857 bits per heavy atom. The van der Waals surface area contributed by atoms with E-state index in [-0.39, 0.29) is 5.56 Å². The van der Waals surface area contributed by atoms with Crippen LogP contribution in [0.5, 0.6) is 17.2 Å². The monoisotopic (exact) mass is 288 g/mol. The minimum Gasteiger partial charge on any atom is -0.497 e. The summed E-state index contributed by atoms with van der Waals surface area (Å²) in [4.78, 5) is 11.5. The number of hydrogen-bond acceptors (Lipinski definition) is 4. The molecule has 0 amide bonds. The van der Waals surface area contributed by atoms with Crippen LogP contribution in [-0.4, -0.2) is 32.4 Å².